The van der Waals surface area contributed by atoms with E-state index in [2.05, 4.69) is 10.1 Å². The average molecular weight is 279 g/mol. The SMILES string of the molecule is CNC(=O)C(C)CN(C)c1cc(C(=O)OC)ccc1N. The first kappa shape index (κ1) is 15.8. The number of hydrogen-bond acceptors (Lipinski definition) is 5. The number of hydrogen-bond donors (Lipinski definition) is 2. The van der Waals surface area contributed by atoms with E-state index in [1.165, 1.54) is 7.11 Å². The Bertz CT molecular complexity index is 502. The van der Waals surface area contributed by atoms with Crippen LogP contribution in [0.1, 0.15) is 17.3 Å². The van der Waals surface area contributed by atoms with Crippen molar-refractivity contribution in [3.05, 3.63) is 23.8 Å². The normalized spacial score (nSPS) is 11.6. The Labute approximate surface area is 118 Å². The zero-order chi connectivity index (χ0) is 15.3. The summed E-state index contributed by atoms with van der Waals surface area (Å²) < 4.78 is 4.69. The molecule has 1 atom stereocenters. The summed E-state index contributed by atoms with van der Waals surface area (Å²) in [6.07, 6.45) is 0. The van der Waals surface area contributed by atoms with Gasteiger partial charge in [0, 0.05) is 20.6 Å². The number of nitrogens with one attached hydrogen (secondary N) is 1. The van der Waals surface area contributed by atoms with Crippen LogP contribution in [-0.4, -0.2) is 39.6 Å². The highest BCUT2D eigenvalue weighted by atomic mass is 16.5. The molecule has 0 heterocycles. The third-order valence-corrected chi connectivity index (χ3v) is 3.10. The highest BCUT2D eigenvalue weighted by Crippen LogP contribution is 2.24. The second-order valence-corrected chi connectivity index (χ2v) is 4.66. The lowest BCUT2D eigenvalue weighted by molar-refractivity contribution is -0.123. The molecule has 0 radical (unpaired) electrons. The van der Waals surface area contributed by atoms with Crippen LogP contribution in [0.15, 0.2) is 18.2 Å². The molecule has 0 saturated carbocycles. The van der Waals surface area contributed by atoms with Crippen LogP contribution in [0.25, 0.3) is 0 Å². The number of anilines is 2. The number of nitrogens with two attached hydrogens (primary N) is 1. The van der Waals surface area contributed by atoms with Gasteiger partial charge in [-0.1, -0.05) is 6.92 Å². The first-order valence-electron chi connectivity index (χ1n) is 6.31. The number of carbonyl (C=O) groups is 2. The summed E-state index contributed by atoms with van der Waals surface area (Å²) in [4.78, 5) is 24.9. The third-order valence-electron chi connectivity index (χ3n) is 3.10. The highest BCUT2D eigenvalue weighted by Gasteiger charge is 2.17. The Hall–Kier alpha value is -2.24. The quantitative estimate of drug-likeness (QED) is 0.617. The Kier molecular flexibility index (Phi) is 5.37. The number of rotatable bonds is 5. The van der Waals surface area contributed by atoms with Gasteiger partial charge in [-0.25, -0.2) is 4.79 Å². The molecule has 0 aliphatic carbocycles. The maximum absolute atomic E-state index is 11.5. The van der Waals surface area contributed by atoms with E-state index in [0.29, 0.717) is 23.5 Å². The Morgan fingerprint density at radius 2 is 2.10 bits per heavy atom. The summed E-state index contributed by atoms with van der Waals surface area (Å²) >= 11 is 0. The van der Waals surface area contributed by atoms with E-state index in [9.17, 15) is 9.59 Å². The standard InChI is InChI=1S/C14H21N3O3/c1-9(13(18)16-2)8-17(3)12-7-10(14(19)20-4)5-6-11(12)15/h5-7,9H,8,15H2,1-4H3,(H,16,18). The molecule has 20 heavy (non-hydrogen) atoms. The lowest BCUT2D eigenvalue weighted by atomic mass is 10.1. The largest absolute Gasteiger partial charge is 0.465 e. The fourth-order valence-electron chi connectivity index (χ4n) is 1.96. The summed E-state index contributed by atoms with van der Waals surface area (Å²) in [6.45, 7) is 2.32. The number of methoxy groups -OCH3 is 1. The van der Waals surface area contributed by atoms with Crippen LogP contribution < -0.4 is 16.0 Å². The molecule has 0 saturated heterocycles. The molecule has 1 amide bonds. The van der Waals surface area contributed by atoms with Crippen LogP contribution in [-0.2, 0) is 9.53 Å². The topological polar surface area (TPSA) is 84.7 Å². The van der Waals surface area contributed by atoms with Crippen molar-refractivity contribution >= 4 is 23.3 Å². The molecule has 0 aliphatic rings. The minimum atomic E-state index is -0.418. The predicted octanol–water partition coefficient (Wildman–Crippen LogP) is 0.874. The Balaban J connectivity index is 2.94. The summed E-state index contributed by atoms with van der Waals surface area (Å²) in [6, 6.07) is 4.93. The number of carbonyl (C=O) groups excluding carboxylic acids is 2. The van der Waals surface area contributed by atoms with Gasteiger partial charge < -0.3 is 20.7 Å². The molecule has 0 spiro atoms. The second-order valence-electron chi connectivity index (χ2n) is 4.66. The van der Waals surface area contributed by atoms with Crippen molar-refractivity contribution in [1.82, 2.24) is 5.32 Å². The lowest BCUT2D eigenvalue weighted by Gasteiger charge is -2.24. The van der Waals surface area contributed by atoms with Gasteiger partial charge >= 0.3 is 5.97 Å². The fraction of sp³-hybridized carbons (Fsp3) is 0.429. The van der Waals surface area contributed by atoms with Crippen molar-refractivity contribution in [2.45, 2.75) is 6.92 Å². The molecule has 0 aromatic heterocycles. The van der Waals surface area contributed by atoms with E-state index in [-0.39, 0.29) is 11.8 Å². The molecule has 1 unspecified atom stereocenters. The van der Waals surface area contributed by atoms with Gasteiger partial charge in [0.05, 0.1) is 30.0 Å². The van der Waals surface area contributed by atoms with Crippen LogP contribution in [0.5, 0.6) is 0 Å². The summed E-state index contributed by atoms with van der Waals surface area (Å²) in [5, 5.41) is 2.60. The second kappa shape index (κ2) is 6.79. The molecule has 1 aromatic carbocycles. The van der Waals surface area contributed by atoms with E-state index in [1.54, 1.807) is 25.2 Å². The molecule has 0 bridgehead atoms. The van der Waals surface area contributed by atoms with Crippen molar-refractivity contribution in [1.29, 1.82) is 0 Å². The minimum absolute atomic E-state index is 0.0421. The molecule has 1 aromatic rings. The fourth-order valence-corrected chi connectivity index (χ4v) is 1.96. The highest BCUT2D eigenvalue weighted by molar-refractivity contribution is 5.92. The Morgan fingerprint density at radius 3 is 2.65 bits per heavy atom. The maximum atomic E-state index is 11.5. The third kappa shape index (κ3) is 3.63. The summed E-state index contributed by atoms with van der Waals surface area (Å²) in [7, 11) is 4.76. The van der Waals surface area contributed by atoms with E-state index in [1.807, 2.05) is 18.9 Å². The number of nitrogens with zero attached hydrogens (tertiary/aromatic N) is 1. The number of esters is 1. The van der Waals surface area contributed by atoms with Crippen LogP contribution >= 0.6 is 0 Å². The smallest absolute Gasteiger partial charge is 0.337 e. The molecule has 1 rings (SSSR count). The zero-order valence-corrected chi connectivity index (χ0v) is 12.3. The van der Waals surface area contributed by atoms with Gasteiger partial charge in [0.15, 0.2) is 0 Å². The Morgan fingerprint density at radius 1 is 1.45 bits per heavy atom. The van der Waals surface area contributed by atoms with Crippen molar-refractivity contribution in [2.75, 3.05) is 38.4 Å². The summed E-state index contributed by atoms with van der Waals surface area (Å²) in [5.74, 6) is -0.648. The number of amides is 1. The maximum Gasteiger partial charge on any atom is 0.337 e. The zero-order valence-electron chi connectivity index (χ0n) is 12.3. The number of benzene rings is 1. The van der Waals surface area contributed by atoms with Gasteiger partial charge in [-0.15, -0.1) is 0 Å². The molecular weight excluding hydrogens is 258 g/mol. The van der Waals surface area contributed by atoms with E-state index >= 15 is 0 Å². The first-order chi connectivity index (χ1) is 9.40. The van der Waals surface area contributed by atoms with Gasteiger partial charge in [-0.2, -0.15) is 0 Å². The van der Waals surface area contributed by atoms with Gasteiger partial charge in [-0.3, -0.25) is 4.79 Å². The molecule has 0 fully saturated rings. The van der Waals surface area contributed by atoms with Crippen molar-refractivity contribution in [3.8, 4) is 0 Å². The van der Waals surface area contributed by atoms with Crippen molar-refractivity contribution < 1.29 is 14.3 Å². The van der Waals surface area contributed by atoms with Gasteiger partial charge in [0.1, 0.15) is 0 Å². The molecule has 110 valence electrons. The minimum Gasteiger partial charge on any atom is -0.465 e. The van der Waals surface area contributed by atoms with Gasteiger partial charge in [0.25, 0.3) is 0 Å². The molecule has 0 aliphatic heterocycles. The van der Waals surface area contributed by atoms with Crippen LogP contribution in [0.3, 0.4) is 0 Å². The monoisotopic (exact) mass is 279 g/mol. The molecular formula is C14H21N3O3. The van der Waals surface area contributed by atoms with Gasteiger partial charge in [0.2, 0.25) is 5.91 Å². The number of ether oxygens (including phenoxy) is 1. The summed E-state index contributed by atoms with van der Waals surface area (Å²) in [5.41, 5.74) is 7.59. The van der Waals surface area contributed by atoms with Crippen LogP contribution in [0.2, 0.25) is 0 Å². The first-order valence-corrected chi connectivity index (χ1v) is 6.31. The molecule has 3 N–H and O–H groups in total. The van der Waals surface area contributed by atoms with Gasteiger partial charge in [-0.05, 0) is 18.2 Å². The molecule has 6 heteroatoms. The lowest BCUT2D eigenvalue weighted by Crippen LogP contribution is -2.34. The van der Waals surface area contributed by atoms with Crippen molar-refractivity contribution in [2.24, 2.45) is 5.92 Å². The average Bonchev–Trinajstić information content (AvgIpc) is 2.45. The van der Waals surface area contributed by atoms with Crippen molar-refractivity contribution in [3.63, 3.8) is 0 Å². The molecule has 6 nitrogen and oxygen atoms in total. The predicted molar refractivity (Wildman–Crippen MR) is 78.7 cm³/mol. The van der Waals surface area contributed by atoms with E-state index in [4.69, 9.17) is 5.73 Å². The van der Waals surface area contributed by atoms with E-state index in [0.717, 1.165) is 0 Å². The van der Waals surface area contributed by atoms with E-state index < -0.39 is 5.97 Å². The van der Waals surface area contributed by atoms with Crippen LogP contribution in [0, 0.1) is 5.92 Å². The van der Waals surface area contributed by atoms with Crippen LogP contribution in [0.4, 0.5) is 11.4 Å². The number of nitrogen functional groups attached to an aromatic ring is 1.